The Hall–Kier alpha value is -2.01. The summed E-state index contributed by atoms with van der Waals surface area (Å²) in [6, 6.07) is 7.77. The highest BCUT2D eigenvalue weighted by Gasteiger charge is 2.61. The quantitative estimate of drug-likeness (QED) is 0.785. The minimum absolute atomic E-state index is 0.00737. The molecule has 0 unspecified atom stereocenters. The van der Waals surface area contributed by atoms with Gasteiger partial charge >= 0.3 is 0 Å². The fourth-order valence-electron chi connectivity index (χ4n) is 3.52. The molecule has 1 heterocycles. The zero-order chi connectivity index (χ0) is 15.2. The molecule has 0 bridgehead atoms. The van der Waals surface area contributed by atoms with E-state index in [1.54, 1.807) is 37.3 Å². The number of benzene rings is 1. The van der Waals surface area contributed by atoms with Crippen LogP contribution in [-0.2, 0) is 9.59 Å². The largest absolute Gasteiger partial charge is 0.380 e. The molecule has 1 aliphatic carbocycles. The molecule has 21 heavy (non-hydrogen) atoms. The molecule has 110 valence electrons. The van der Waals surface area contributed by atoms with E-state index in [9.17, 15) is 19.5 Å². The van der Waals surface area contributed by atoms with Gasteiger partial charge in [0.25, 0.3) is 5.91 Å². The van der Waals surface area contributed by atoms with E-state index in [1.165, 1.54) is 0 Å². The SMILES string of the molecule is C[C@@H]1C(=O)CC[C@]2(O)C(=O)N[C@@H](C(=O)c3ccccc3)[C@H]12. The number of Topliss-reactive ketones (excluding diaryl/α,β-unsaturated/α-hetero) is 2. The van der Waals surface area contributed by atoms with Crippen LogP contribution >= 0.6 is 0 Å². The Balaban J connectivity index is 1.98. The minimum atomic E-state index is -1.61. The Morgan fingerprint density at radius 2 is 1.95 bits per heavy atom. The Kier molecular flexibility index (Phi) is 3.17. The van der Waals surface area contributed by atoms with Gasteiger partial charge in [0.2, 0.25) is 0 Å². The number of amides is 1. The number of fused-ring (bicyclic) bond motifs is 1. The Labute approximate surface area is 122 Å². The third-order valence-corrected chi connectivity index (χ3v) is 4.73. The zero-order valence-electron chi connectivity index (χ0n) is 11.7. The van der Waals surface area contributed by atoms with Gasteiger partial charge in [-0.2, -0.15) is 0 Å². The van der Waals surface area contributed by atoms with Gasteiger partial charge in [-0.25, -0.2) is 0 Å². The molecular formula is C16H17NO4. The maximum Gasteiger partial charge on any atom is 0.252 e. The molecule has 2 N–H and O–H groups in total. The number of carbonyl (C=O) groups excluding carboxylic acids is 3. The highest BCUT2D eigenvalue weighted by molar-refractivity contribution is 6.06. The third kappa shape index (κ3) is 2.00. The van der Waals surface area contributed by atoms with Gasteiger partial charge in [0, 0.05) is 23.8 Å². The highest BCUT2D eigenvalue weighted by atomic mass is 16.3. The van der Waals surface area contributed by atoms with Crippen molar-refractivity contribution in [2.75, 3.05) is 0 Å². The predicted molar refractivity (Wildman–Crippen MR) is 74.5 cm³/mol. The Morgan fingerprint density at radius 1 is 1.29 bits per heavy atom. The summed E-state index contributed by atoms with van der Waals surface area (Å²) in [5.74, 6) is -2.01. The van der Waals surface area contributed by atoms with Crippen molar-refractivity contribution in [3.05, 3.63) is 35.9 Å². The van der Waals surface area contributed by atoms with E-state index in [-0.39, 0.29) is 24.4 Å². The zero-order valence-corrected chi connectivity index (χ0v) is 11.7. The first-order chi connectivity index (χ1) is 9.95. The molecule has 3 rings (SSSR count). The molecule has 1 aromatic carbocycles. The number of nitrogens with one attached hydrogen (secondary N) is 1. The van der Waals surface area contributed by atoms with E-state index in [0.717, 1.165) is 0 Å². The van der Waals surface area contributed by atoms with Crippen LogP contribution in [0.3, 0.4) is 0 Å². The van der Waals surface area contributed by atoms with Gasteiger partial charge in [-0.1, -0.05) is 37.3 Å². The van der Waals surface area contributed by atoms with Crippen LogP contribution in [0.5, 0.6) is 0 Å². The topological polar surface area (TPSA) is 83.5 Å². The van der Waals surface area contributed by atoms with Crippen LogP contribution in [0.25, 0.3) is 0 Å². The number of aliphatic hydroxyl groups is 1. The highest BCUT2D eigenvalue weighted by Crippen LogP contribution is 2.43. The van der Waals surface area contributed by atoms with Crippen LogP contribution in [-0.4, -0.2) is 34.2 Å². The first-order valence-electron chi connectivity index (χ1n) is 7.10. The van der Waals surface area contributed by atoms with E-state index in [4.69, 9.17) is 0 Å². The second kappa shape index (κ2) is 4.77. The lowest BCUT2D eigenvalue weighted by Gasteiger charge is -2.37. The normalized spacial score (nSPS) is 35.2. The van der Waals surface area contributed by atoms with E-state index in [0.29, 0.717) is 5.56 Å². The van der Waals surface area contributed by atoms with Crippen molar-refractivity contribution in [3.8, 4) is 0 Å². The summed E-state index contributed by atoms with van der Waals surface area (Å²) < 4.78 is 0. The first-order valence-corrected chi connectivity index (χ1v) is 7.10. The summed E-state index contributed by atoms with van der Waals surface area (Å²) in [5, 5.41) is 13.2. The smallest absolute Gasteiger partial charge is 0.252 e. The van der Waals surface area contributed by atoms with E-state index < -0.39 is 29.4 Å². The summed E-state index contributed by atoms with van der Waals surface area (Å²) in [7, 11) is 0. The van der Waals surface area contributed by atoms with Crippen LogP contribution in [0, 0.1) is 11.8 Å². The summed E-state index contributed by atoms with van der Waals surface area (Å²) in [5.41, 5.74) is -1.14. The lowest BCUT2D eigenvalue weighted by molar-refractivity contribution is -0.149. The minimum Gasteiger partial charge on any atom is -0.380 e. The molecule has 0 aromatic heterocycles. The molecule has 1 amide bonds. The first kappa shape index (κ1) is 13.9. The molecule has 5 nitrogen and oxygen atoms in total. The van der Waals surface area contributed by atoms with E-state index >= 15 is 0 Å². The monoisotopic (exact) mass is 287 g/mol. The molecule has 5 heteroatoms. The van der Waals surface area contributed by atoms with Crippen LogP contribution in [0.1, 0.15) is 30.1 Å². The van der Waals surface area contributed by atoms with Gasteiger partial charge in [0.05, 0.1) is 6.04 Å². The standard InChI is InChI=1S/C16H17NO4/c1-9-11(18)7-8-16(21)12(9)13(17-15(16)20)14(19)10-5-3-2-4-6-10/h2-6,9,12-13,21H,7-8H2,1H3,(H,17,20)/t9-,12+,13-,16-/m1/s1. The fraction of sp³-hybridized carbons (Fsp3) is 0.438. The second-order valence-electron chi connectivity index (χ2n) is 5.89. The van der Waals surface area contributed by atoms with Crippen molar-refractivity contribution in [1.82, 2.24) is 5.32 Å². The van der Waals surface area contributed by atoms with Gasteiger partial charge in [-0.3, -0.25) is 14.4 Å². The maximum absolute atomic E-state index is 12.6. The molecule has 2 fully saturated rings. The summed E-state index contributed by atoms with van der Waals surface area (Å²) in [4.78, 5) is 36.6. The average molecular weight is 287 g/mol. The van der Waals surface area contributed by atoms with Gasteiger partial charge in [-0.15, -0.1) is 0 Å². The molecule has 0 radical (unpaired) electrons. The van der Waals surface area contributed by atoms with Crippen LogP contribution in [0.4, 0.5) is 0 Å². The van der Waals surface area contributed by atoms with Crippen molar-refractivity contribution in [3.63, 3.8) is 0 Å². The van der Waals surface area contributed by atoms with Gasteiger partial charge in [0.1, 0.15) is 11.4 Å². The molecule has 0 spiro atoms. The van der Waals surface area contributed by atoms with Gasteiger partial charge in [-0.05, 0) is 6.42 Å². The Morgan fingerprint density at radius 3 is 2.62 bits per heavy atom. The van der Waals surface area contributed by atoms with E-state index in [2.05, 4.69) is 5.32 Å². The van der Waals surface area contributed by atoms with Crippen molar-refractivity contribution >= 4 is 17.5 Å². The van der Waals surface area contributed by atoms with Crippen LogP contribution in [0.15, 0.2) is 30.3 Å². The summed E-state index contributed by atoms with van der Waals surface area (Å²) in [6.07, 6.45) is 0.263. The van der Waals surface area contributed by atoms with Crippen LogP contribution in [0.2, 0.25) is 0 Å². The molecule has 2 aliphatic rings. The fourth-order valence-corrected chi connectivity index (χ4v) is 3.52. The average Bonchev–Trinajstić information content (AvgIpc) is 2.76. The van der Waals surface area contributed by atoms with Crippen molar-refractivity contribution in [1.29, 1.82) is 0 Å². The van der Waals surface area contributed by atoms with Crippen molar-refractivity contribution < 1.29 is 19.5 Å². The number of carbonyl (C=O) groups is 3. The molecular weight excluding hydrogens is 270 g/mol. The van der Waals surface area contributed by atoms with Crippen LogP contribution < -0.4 is 5.32 Å². The third-order valence-electron chi connectivity index (χ3n) is 4.73. The molecule has 1 aromatic rings. The summed E-state index contributed by atoms with van der Waals surface area (Å²) in [6.45, 7) is 1.68. The number of hydrogen-bond donors (Lipinski definition) is 2. The lowest BCUT2D eigenvalue weighted by atomic mass is 9.67. The van der Waals surface area contributed by atoms with Gasteiger partial charge < -0.3 is 10.4 Å². The second-order valence-corrected chi connectivity index (χ2v) is 5.89. The number of rotatable bonds is 2. The lowest BCUT2D eigenvalue weighted by Crippen LogP contribution is -2.52. The van der Waals surface area contributed by atoms with Crippen molar-refractivity contribution in [2.24, 2.45) is 11.8 Å². The number of ketones is 2. The Bertz CT molecular complexity index is 612. The molecule has 1 saturated carbocycles. The maximum atomic E-state index is 12.6. The van der Waals surface area contributed by atoms with E-state index in [1.807, 2.05) is 0 Å². The molecule has 4 atom stereocenters. The van der Waals surface area contributed by atoms with Gasteiger partial charge in [0.15, 0.2) is 5.78 Å². The molecule has 1 saturated heterocycles. The molecule has 1 aliphatic heterocycles. The number of hydrogen-bond acceptors (Lipinski definition) is 4. The summed E-state index contributed by atoms with van der Waals surface area (Å²) >= 11 is 0. The van der Waals surface area contributed by atoms with Crippen molar-refractivity contribution in [2.45, 2.75) is 31.4 Å². The predicted octanol–water partition coefficient (Wildman–Crippen LogP) is 0.714.